The molecule has 0 bridgehead atoms. The Hall–Kier alpha value is -3.01. The summed E-state index contributed by atoms with van der Waals surface area (Å²) in [7, 11) is 0. The summed E-state index contributed by atoms with van der Waals surface area (Å²) in [5.41, 5.74) is 5.88. The van der Waals surface area contributed by atoms with Gasteiger partial charge in [-0.2, -0.15) is 5.26 Å². The van der Waals surface area contributed by atoms with Crippen LogP contribution in [-0.2, 0) is 12.8 Å². The fourth-order valence-electron chi connectivity index (χ4n) is 5.20. The number of nitriles is 1. The van der Waals surface area contributed by atoms with Crippen LogP contribution in [0.15, 0.2) is 82.6 Å². The number of aryl methyl sites for hydroxylation is 1. The van der Waals surface area contributed by atoms with Crippen molar-refractivity contribution in [2.24, 2.45) is 0 Å². The van der Waals surface area contributed by atoms with E-state index in [2.05, 4.69) is 64.6 Å². The zero-order valence-electron chi connectivity index (χ0n) is 22.9. The lowest BCUT2D eigenvalue weighted by molar-refractivity contribution is -0.00820. The van der Waals surface area contributed by atoms with Gasteiger partial charge >= 0.3 is 0 Å². The second-order valence-electron chi connectivity index (χ2n) is 10.5. The van der Waals surface area contributed by atoms with Crippen molar-refractivity contribution in [2.45, 2.75) is 71.3 Å². The van der Waals surface area contributed by atoms with Crippen molar-refractivity contribution < 1.29 is 8.78 Å². The summed E-state index contributed by atoms with van der Waals surface area (Å²) >= 11 is 3.68. The molecule has 3 aromatic rings. The number of alkyl halides is 2. The summed E-state index contributed by atoms with van der Waals surface area (Å²) < 4.78 is 31.1. The highest BCUT2D eigenvalue weighted by molar-refractivity contribution is 9.11. The highest BCUT2D eigenvalue weighted by Crippen LogP contribution is 2.41. The number of nitrogens with one attached hydrogen (secondary N) is 1. The topological polar surface area (TPSA) is 39.1 Å². The van der Waals surface area contributed by atoms with Crippen LogP contribution in [0.1, 0.15) is 63.1 Å². The van der Waals surface area contributed by atoms with Crippen LogP contribution in [0.2, 0.25) is 0 Å². The smallest absolute Gasteiger partial charge is 0.260 e. The van der Waals surface area contributed by atoms with E-state index in [1.54, 1.807) is 6.07 Å². The van der Waals surface area contributed by atoms with Gasteiger partial charge in [0.1, 0.15) is 0 Å². The van der Waals surface area contributed by atoms with Crippen molar-refractivity contribution in [3.05, 3.63) is 99.3 Å². The standard InChI is InChI=1S/C33H36BrF2N3/c1-4-7-25-11-13-26(14-12-25)20-24(3)38-22-33(35,36)19-18-30-23(2)10-17-32(34)39(30)31-16-15-27(21-37)28-8-5-6-9-29(28)31/h5-6,8-9,11-17,24,38H,4,7,10,18-20,22H2,1-3H3. The van der Waals surface area contributed by atoms with Crippen LogP contribution in [0, 0.1) is 11.3 Å². The minimum absolute atomic E-state index is 0.0536. The monoisotopic (exact) mass is 591 g/mol. The fourth-order valence-corrected chi connectivity index (χ4v) is 5.76. The lowest BCUT2D eigenvalue weighted by Crippen LogP contribution is -2.39. The van der Waals surface area contributed by atoms with E-state index >= 15 is 8.78 Å². The maximum absolute atomic E-state index is 15.2. The summed E-state index contributed by atoms with van der Waals surface area (Å²) in [5, 5.41) is 14.4. The molecule has 0 aromatic heterocycles. The molecule has 0 amide bonds. The van der Waals surface area contributed by atoms with Gasteiger partial charge in [-0.15, -0.1) is 0 Å². The lowest BCUT2D eigenvalue weighted by Gasteiger charge is -2.34. The van der Waals surface area contributed by atoms with Crippen LogP contribution in [0.3, 0.4) is 0 Å². The normalized spacial score (nSPS) is 14.9. The zero-order valence-corrected chi connectivity index (χ0v) is 24.5. The van der Waals surface area contributed by atoms with Gasteiger partial charge < -0.3 is 10.2 Å². The number of benzene rings is 3. The van der Waals surface area contributed by atoms with Crippen molar-refractivity contribution in [1.82, 2.24) is 5.32 Å². The lowest BCUT2D eigenvalue weighted by atomic mass is 9.98. The SMILES string of the molecule is CCCc1ccc(CC(C)NCC(F)(F)CCC2=C(C)CC=C(Br)N2c2ccc(C#N)c3ccccc23)cc1. The molecule has 1 heterocycles. The Labute approximate surface area is 239 Å². The molecule has 1 aliphatic heterocycles. The summed E-state index contributed by atoms with van der Waals surface area (Å²) in [6, 6.07) is 22.1. The molecular weight excluding hydrogens is 556 g/mol. The molecule has 204 valence electrons. The molecule has 3 nitrogen and oxygen atoms in total. The predicted octanol–water partition coefficient (Wildman–Crippen LogP) is 9.02. The van der Waals surface area contributed by atoms with E-state index in [1.807, 2.05) is 49.1 Å². The minimum atomic E-state index is -2.85. The van der Waals surface area contributed by atoms with Gasteiger partial charge in [0.25, 0.3) is 5.92 Å². The first kappa shape index (κ1) is 29.0. The third-order valence-electron chi connectivity index (χ3n) is 7.36. The maximum atomic E-state index is 15.2. The molecule has 1 atom stereocenters. The van der Waals surface area contributed by atoms with E-state index in [1.165, 1.54) is 5.56 Å². The minimum Gasteiger partial charge on any atom is -0.308 e. The Morgan fingerprint density at radius 1 is 1.03 bits per heavy atom. The van der Waals surface area contributed by atoms with Gasteiger partial charge in [0.2, 0.25) is 0 Å². The highest BCUT2D eigenvalue weighted by Gasteiger charge is 2.32. The van der Waals surface area contributed by atoms with Crippen LogP contribution >= 0.6 is 15.9 Å². The number of nitrogens with zero attached hydrogens (tertiary/aromatic N) is 2. The molecule has 0 radical (unpaired) electrons. The molecule has 0 saturated heterocycles. The zero-order chi connectivity index (χ0) is 28.0. The maximum Gasteiger partial charge on any atom is 0.260 e. The van der Waals surface area contributed by atoms with Gasteiger partial charge in [-0.3, -0.25) is 0 Å². The Balaban J connectivity index is 1.44. The van der Waals surface area contributed by atoms with E-state index in [0.717, 1.165) is 50.7 Å². The predicted molar refractivity (Wildman–Crippen MR) is 161 cm³/mol. The second kappa shape index (κ2) is 12.9. The number of fused-ring (bicyclic) bond motifs is 1. The van der Waals surface area contributed by atoms with Gasteiger partial charge in [-0.25, -0.2) is 8.78 Å². The average molecular weight is 593 g/mol. The number of hydrogen-bond donors (Lipinski definition) is 1. The molecule has 0 aliphatic carbocycles. The number of allylic oxidation sites excluding steroid dienone is 3. The van der Waals surface area contributed by atoms with E-state index in [4.69, 9.17) is 0 Å². The molecule has 6 heteroatoms. The van der Waals surface area contributed by atoms with E-state index in [9.17, 15) is 5.26 Å². The Bertz CT molecular complexity index is 1400. The Morgan fingerprint density at radius 2 is 1.72 bits per heavy atom. The van der Waals surface area contributed by atoms with Crippen LogP contribution in [0.25, 0.3) is 10.8 Å². The molecule has 1 unspecified atom stereocenters. The quantitative estimate of drug-likeness (QED) is 0.226. The number of hydrogen-bond acceptors (Lipinski definition) is 3. The van der Waals surface area contributed by atoms with E-state index in [0.29, 0.717) is 18.4 Å². The molecule has 0 fully saturated rings. The molecule has 0 spiro atoms. The van der Waals surface area contributed by atoms with Crippen molar-refractivity contribution in [2.75, 3.05) is 11.4 Å². The van der Waals surface area contributed by atoms with Gasteiger partial charge in [0.15, 0.2) is 0 Å². The van der Waals surface area contributed by atoms with Crippen LogP contribution in [0.4, 0.5) is 14.5 Å². The fraction of sp³-hybridized carbons (Fsp3) is 0.364. The third kappa shape index (κ3) is 7.15. The Kier molecular flexibility index (Phi) is 9.58. The molecule has 1 aliphatic rings. The van der Waals surface area contributed by atoms with Crippen molar-refractivity contribution in [3.63, 3.8) is 0 Å². The number of rotatable bonds is 11. The first-order chi connectivity index (χ1) is 18.7. The van der Waals surface area contributed by atoms with Gasteiger partial charge in [0.05, 0.1) is 28.5 Å². The summed E-state index contributed by atoms with van der Waals surface area (Å²) in [4.78, 5) is 2.02. The number of halogens is 3. The largest absolute Gasteiger partial charge is 0.308 e. The van der Waals surface area contributed by atoms with Gasteiger partial charge in [-0.1, -0.05) is 61.9 Å². The Morgan fingerprint density at radius 3 is 2.41 bits per heavy atom. The van der Waals surface area contributed by atoms with Gasteiger partial charge in [0, 0.05) is 28.9 Å². The summed E-state index contributed by atoms with van der Waals surface area (Å²) in [6.45, 7) is 5.78. The second-order valence-corrected chi connectivity index (χ2v) is 11.3. The first-order valence-corrected chi connectivity index (χ1v) is 14.5. The van der Waals surface area contributed by atoms with E-state index < -0.39 is 5.92 Å². The van der Waals surface area contributed by atoms with Gasteiger partial charge in [-0.05, 0) is 90.4 Å². The summed E-state index contributed by atoms with van der Waals surface area (Å²) in [6.07, 6.45) is 5.63. The van der Waals surface area contributed by atoms with Crippen LogP contribution in [0.5, 0.6) is 0 Å². The van der Waals surface area contributed by atoms with E-state index in [-0.39, 0.29) is 25.4 Å². The van der Waals surface area contributed by atoms with Crippen molar-refractivity contribution >= 4 is 32.4 Å². The van der Waals surface area contributed by atoms with Crippen LogP contribution in [-0.4, -0.2) is 18.5 Å². The molecule has 39 heavy (non-hydrogen) atoms. The average Bonchev–Trinajstić information content (AvgIpc) is 2.93. The molecule has 4 rings (SSSR count). The highest BCUT2D eigenvalue weighted by atomic mass is 79.9. The van der Waals surface area contributed by atoms with Crippen molar-refractivity contribution in [1.29, 1.82) is 5.26 Å². The van der Waals surface area contributed by atoms with Crippen LogP contribution < -0.4 is 10.2 Å². The molecule has 3 aromatic carbocycles. The molecule has 0 saturated carbocycles. The third-order valence-corrected chi connectivity index (χ3v) is 8.03. The summed E-state index contributed by atoms with van der Waals surface area (Å²) in [5.74, 6) is -2.85. The number of anilines is 1. The molecular formula is C33H36BrF2N3. The van der Waals surface area contributed by atoms with Crippen molar-refractivity contribution in [3.8, 4) is 6.07 Å². The molecule has 1 N–H and O–H groups in total. The first-order valence-electron chi connectivity index (χ1n) is 13.7.